The molecule has 1 aromatic rings. The zero-order valence-corrected chi connectivity index (χ0v) is 12.3. The molecule has 0 N–H and O–H groups in total. The molecule has 0 aliphatic rings. The second-order valence-electron chi connectivity index (χ2n) is 2.16. The van der Waals surface area contributed by atoms with Gasteiger partial charge in [-0.05, 0) is 22.0 Å². The van der Waals surface area contributed by atoms with Crippen LogP contribution >= 0.6 is 55.9 Å². The van der Waals surface area contributed by atoms with E-state index in [-0.39, 0.29) is 17.0 Å². The van der Waals surface area contributed by atoms with Gasteiger partial charge in [0.15, 0.2) is 10.8 Å². The van der Waals surface area contributed by atoms with Crippen LogP contribution in [0.5, 0.6) is 5.75 Å². The monoisotopic (exact) mass is 410 g/mol. The van der Waals surface area contributed by atoms with Crippen molar-refractivity contribution < 1.29 is 4.74 Å². The number of aromatic nitrogens is 2. The predicted molar refractivity (Wildman–Crippen MR) is 70.5 cm³/mol. The van der Waals surface area contributed by atoms with Gasteiger partial charge in [-0.3, -0.25) is 4.79 Å². The Hall–Kier alpha value is 0.610. The van der Waals surface area contributed by atoms with E-state index in [9.17, 15) is 4.79 Å². The summed E-state index contributed by atoms with van der Waals surface area (Å²) in [7, 11) is 0. The summed E-state index contributed by atoms with van der Waals surface area (Å²) in [5.41, 5.74) is -0.313. The minimum absolute atomic E-state index is 0.0881. The first kappa shape index (κ1) is 12.7. The molecule has 0 bridgehead atoms. The molecule has 0 spiro atoms. The van der Waals surface area contributed by atoms with Gasteiger partial charge < -0.3 is 4.74 Å². The first-order valence-electron chi connectivity index (χ1n) is 3.54. The van der Waals surface area contributed by atoms with Gasteiger partial charge in [0, 0.05) is 5.33 Å². The fraction of sp³-hybridized carbons (Fsp3) is 0.333. The van der Waals surface area contributed by atoms with Crippen molar-refractivity contribution in [3.63, 3.8) is 0 Å². The molecular weight excluding hydrogens is 405 g/mol. The smallest absolute Gasteiger partial charge is 0.293 e. The minimum atomic E-state index is -0.313. The number of hydrogen-bond acceptors (Lipinski definition) is 3. The van der Waals surface area contributed by atoms with Gasteiger partial charge in [0.1, 0.15) is 0 Å². The van der Waals surface area contributed by atoms with Crippen LogP contribution < -0.4 is 10.3 Å². The van der Waals surface area contributed by atoms with Crippen LogP contribution in [-0.2, 0) is 0 Å². The number of alkyl halides is 1. The Morgan fingerprint density at radius 1 is 1.79 bits per heavy atom. The van der Waals surface area contributed by atoms with E-state index in [0.717, 1.165) is 0 Å². The van der Waals surface area contributed by atoms with Gasteiger partial charge in [-0.25, -0.2) is 4.45 Å². The van der Waals surface area contributed by atoms with Crippen LogP contribution in [0.2, 0.25) is 5.02 Å². The molecule has 0 saturated carbocycles. The Morgan fingerprint density at radius 3 is 3.07 bits per heavy atom. The Balaban J connectivity index is 2.99. The lowest BCUT2D eigenvalue weighted by Crippen LogP contribution is -2.17. The van der Waals surface area contributed by atoms with Crippen LogP contribution in [0, 0.1) is 0 Å². The standard InChI is InChI=1S/C6H6BrClIN2O2P/c7-1-2-13-4-3-10-11(14-9)6(12)5(4)8/h3,14H,1-2H2. The molecule has 1 heterocycles. The third-order valence-electron chi connectivity index (χ3n) is 1.30. The number of halogens is 3. The minimum Gasteiger partial charge on any atom is -0.489 e. The molecule has 0 radical (unpaired) electrons. The quantitative estimate of drug-likeness (QED) is 0.435. The van der Waals surface area contributed by atoms with Gasteiger partial charge >= 0.3 is 0 Å². The van der Waals surface area contributed by atoms with Crippen LogP contribution in [0.15, 0.2) is 11.0 Å². The third-order valence-corrected chi connectivity index (χ3v) is 3.82. The highest BCUT2D eigenvalue weighted by molar-refractivity contribution is 14.2. The van der Waals surface area contributed by atoms with Crippen LogP contribution in [0.3, 0.4) is 0 Å². The van der Waals surface area contributed by atoms with Crippen molar-refractivity contribution in [3.05, 3.63) is 21.6 Å². The van der Waals surface area contributed by atoms with E-state index in [1.165, 1.54) is 10.6 Å². The number of nitrogens with zero attached hydrogens (tertiary/aromatic N) is 2. The van der Waals surface area contributed by atoms with Crippen molar-refractivity contribution in [1.29, 1.82) is 0 Å². The van der Waals surface area contributed by atoms with E-state index in [1.807, 2.05) is 0 Å². The Morgan fingerprint density at radius 2 is 2.50 bits per heavy atom. The van der Waals surface area contributed by atoms with Gasteiger partial charge in [0.2, 0.25) is 0 Å². The molecule has 0 amide bonds. The van der Waals surface area contributed by atoms with E-state index in [0.29, 0.717) is 17.7 Å². The molecule has 1 atom stereocenters. The maximum atomic E-state index is 11.5. The number of ether oxygens (including phenoxy) is 1. The van der Waals surface area contributed by atoms with Gasteiger partial charge in [0.25, 0.3) is 5.56 Å². The average Bonchev–Trinajstić information content (AvgIpc) is 2.20. The lowest BCUT2D eigenvalue weighted by Gasteiger charge is -2.06. The van der Waals surface area contributed by atoms with E-state index in [1.54, 1.807) is 0 Å². The highest BCUT2D eigenvalue weighted by atomic mass is 127. The van der Waals surface area contributed by atoms with Crippen molar-refractivity contribution in [2.45, 2.75) is 0 Å². The second-order valence-corrected chi connectivity index (χ2v) is 5.37. The molecule has 8 heteroatoms. The summed E-state index contributed by atoms with van der Waals surface area (Å²) in [5.74, 6) is 0.335. The van der Waals surface area contributed by atoms with Gasteiger partial charge in [0.05, 0.1) is 19.2 Å². The summed E-state index contributed by atoms with van der Waals surface area (Å²) in [6.07, 6.45) is 1.69. The van der Waals surface area contributed by atoms with Crippen LogP contribution in [0.4, 0.5) is 0 Å². The van der Waals surface area contributed by atoms with Crippen LogP contribution in [0.1, 0.15) is 0 Å². The lowest BCUT2D eigenvalue weighted by atomic mass is 10.5. The highest BCUT2D eigenvalue weighted by Crippen LogP contribution is 2.24. The fourth-order valence-electron chi connectivity index (χ4n) is 0.727. The molecule has 0 saturated heterocycles. The summed E-state index contributed by atoms with van der Waals surface area (Å²) in [6.45, 7) is 0.456. The first-order chi connectivity index (χ1) is 6.70. The zero-order valence-electron chi connectivity index (χ0n) is 6.84. The van der Waals surface area contributed by atoms with Crippen molar-refractivity contribution in [1.82, 2.24) is 9.55 Å². The maximum Gasteiger partial charge on any atom is 0.293 e. The summed E-state index contributed by atoms with van der Waals surface area (Å²) >= 11 is 11.1. The molecule has 0 aromatic carbocycles. The normalized spacial score (nSPS) is 11.1. The molecule has 14 heavy (non-hydrogen) atoms. The molecule has 1 aromatic heterocycles. The van der Waals surface area contributed by atoms with Crippen LogP contribution in [0.25, 0.3) is 0 Å². The SMILES string of the molecule is O=c1c(Cl)c(OCCBr)cnn1PI. The van der Waals surface area contributed by atoms with E-state index < -0.39 is 0 Å². The molecule has 0 aliphatic carbocycles. The van der Waals surface area contributed by atoms with Gasteiger partial charge in [-0.2, -0.15) is 5.10 Å². The predicted octanol–water partition coefficient (Wildman–Crippen LogP) is 2.46. The van der Waals surface area contributed by atoms with Crippen molar-refractivity contribution >= 4 is 55.9 Å². The van der Waals surface area contributed by atoms with Crippen molar-refractivity contribution in [2.24, 2.45) is 0 Å². The Bertz CT molecular complexity index is 375. The lowest BCUT2D eigenvalue weighted by molar-refractivity contribution is 0.342. The first-order valence-corrected chi connectivity index (χ1v) is 9.10. The fourth-order valence-corrected chi connectivity index (χ4v) is 2.46. The van der Waals surface area contributed by atoms with E-state index in [4.69, 9.17) is 16.3 Å². The highest BCUT2D eigenvalue weighted by Gasteiger charge is 2.09. The second kappa shape index (κ2) is 6.25. The van der Waals surface area contributed by atoms with Crippen LogP contribution in [-0.4, -0.2) is 21.5 Å². The van der Waals surface area contributed by atoms with Gasteiger partial charge in [-0.1, -0.05) is 27.5 Å². The molecule has 4 nitrogen and oxygen atoms in total. The molecule has 0 aliphatic heterocycles. The molecule has 78 valence electrons. The van der Waals surface area contributed by atoms with Crippen molar-refractivity contribution in [2.75, 3.05) is 11.9 Å². The topological polar surface area (TPSA) is 44.1 Å². The summed E-state index contributed by atoms with van der Waals surface area (Å²) in [4.78, 5) is 11.5. The summed E-state index contributed by atoms with van der Waals surface area (Å²) < 4.78 is 6.51. The summed E-state index contributed by atoms with van der Waals surface area (Å²) in [5, 5.41) is 4.66. The number of rotatable bonds is 4. The molecular formula is C6H6BrClIN2O2P. The van der Waals surface area contributed by atoms with Gasteiger partial charge in [-0.15, -0.1) is 0 Å². The average molecular weight is 411 g/mol. The van der Waals surface area contributed by atoms with Crippen molar-refractivity contribution in [3.8, 4) is 5.75 Å². The maximum absolute atomic E-state index is 11.5. The molecule has 1 unspecified atom stereocenters. The van der Waals surface area contributed by atoms with E-state index in [2.05, 4.69) is 43.1 Å². The largest absolute Gasteiger partial charge is 0.489 e. The Kier molecular flexibility index (Phi) is 5.66. The summed E-state index contributed by atoms with van der Waals surface area (Å²) in [6, 6.07) is 0. The zero-order chi connectivity index (χ0) is 10.6. The molecule has 0 fully saturated rings. The molecule has 1 rings (SSSR count). The number of hydrogen-bond donors (Lipinski definition) is 0. The Labute approximate surface area is 109 Å². The van der Waals surface area contributed by atoms with E-state index >= 15 is 0 Å². The third kappa shape index (κ3) is 3.05.